The quantitative estimate of drug-likeness (QED) is 0.292. The molecule has 2 N–H and O–H groups in total. The van der Waals surface area contributed by atoms with Crippen molar-refractivity contribution in [3.63, 3.8) is 0 Å². The van der Waals surface area contributed by atoms with E-state index in [2.05, 4.69) is 10.6 Å². The van der Waals surface area contributed by atoms with Crippen molar-refractivity contribution in [1.82, 2.24) is 9.47 Å². The molecule has 1 heterocycles. The molecule has 0 aliphatic heterocycles. The largest absolute Gasteiger partial charge is 0.487 e. The number of alkyl halides is 3. The molecule has 0 radical (unpaired) electrons. The molecule has 0 atom stereocenters. The van der Waals surface area contributed by atoms with Crippen LogP contribution in [0.2, 0.25) is 0 Å². The van der Waals surface area contributed by atoms with E-state index in [0.717, 1.165) is 13.0 Å². The van der Waals surface area contributed by atoms with Crippen LogP contribution in [-0.4, -0.2) is 45.8 Å². The first-order valence-electron chi connectivity index (χ1n) is 9.68. The highest BCUT2D eigenvalue weighted by Gasteiger charge is 2.43. The number of anilines is 2. The van der Waals surface area contributed by atoms with Gasteiger partial charge in [-0.05, 0) is 44.5 Å². The number of aromatic nitrogens is 1. The lowest BCUT2D eigenvalue weighted by Gasteiger charge is -2.22. The predicted molar refractivity (Wildman–Crippen MR) is 111 cm³/mol. The average Bonchev–Trinajstić information content (AvgIpc) is 2.91. The Morgan fingerprint density at radius 3 is 2.21 bits per heavy atom. The van der Waals surface area contributed by atoms with Crippen LogP contribution in [0.3, 0.4) is 0 Å². The van der Waals surface area contributed by atoms with Gasteiger partial charge in [0.25, 0.3) is 11.7 Å². The van der Waals surface area contributed by atoms with Crippen LogP contribution in [0.5, 0.6) is 0 Å². The van der Waals surface area contributed by atoms with Crippen LogP contribution in [-0.2, 0) is 16.6 Å². The number of likely N-dealkylation sites (N-methyl/N-ethyl adjacent to an activating group) is 1. The Morgan fingerprint density at radius 2 is 1.70 bits per heavy atom. The smallest absolute Gasteiger partial charge is 0.344 e. The SMILES string of the molecule is CCN(C(=O)C(=O)c1c(C)c(C(=O)Nc2ccc(F)c(NC(C)=O)c2)c(C)n1C)C(F)(F)F. The molecule has 3 amide bonds. The molecule has 1 aromatic carbocycles. The summed E-state index contributed by atoms with van der Waals surface area (Å²) in [4.78, 5) is 48.4. The number of hydrogen-bond acceptors (Lipinski definition) is 4. The third-order valence-corrected chi connectivity index (χ3v) is 4.97. The standard InChI is InChI=1S/C21H22F4N4O4/c1-6-29(21(23,24)25)20(33)18(31)17-10(2)16(11(3)28(17)5)19(32)27-13-7-8-14(22)15(9-13)26-12(4)30/h7-9H,6H2,1-5H3,(H,26,30)(H,27,32). The summed E-state index contributed by atoms with van der Waals surface area (Å²) < 4.78 is 54.2. The van der Waals surface area contributed by atoms with E-state index >= 15 is 0 Å². The first-order valence-corrected chi connectivity index (χ1v) is 9.68. The van der Waals surface area contributed by atoms with Crippen molar-refractivity contribution < 1.29 is 36.7 Å². The first kappa shape index (κ1) is 25.6. The molecular weight excluding hydrogens is 448 g/mol. The van der Waals surface area contributed by atoms with Gasteiger partial charge in [-0.3, -0.25) is 19.2 Å². The van der Waals surface area contributed by atoms with Gasteiger partial charge in [0.2, 0.25) is 5.91 Å². The second-order valence-corrected chi connectivity index (χ2v) is 7.17. The van der Waals surface area contributed by atoms with Crippen molar-refractivity contribution in [3.05, 3.63) is 46.5 Å². The van der Waals surface area contributed by atoms with Crippen molar-refractivity contribution >= 4 is 34.9 Å². The molecule has 0 fully saturated rings. The van der Waals surface area contributed by atoms with Gasteiger partial charge in [-0.25, -0.2) is 9.29 Å². The molecule has 2 rings (SSSR count). The Hall–Kier alpha value is -3.70. The minimum absolute atomic E-state index is 0.00766. The van der Waals surface area contributed by atoms with Crippen molar-refractivity contribution in [1.29, 1.82) is 0 Å². The third kappa shape index (κ3) is 5.21. The average molecular weight is 470 g/mol. The molecular formula is C21H22F4N4O4. The Bertz CT molecular complexity index is 1140. The van der Waals surface area contributed by atoms with Crippen molar-refractivity contribution in [2.24, 2.45) is 7.05 Å². The van der Waals surface area contributed by atoms with Crippen LogP contribution in [0.4, 0.5) is 28.9 Å². The van der Waals surface area contributed by atoms with Crippen molar-refractivity contribution in [2.75, 3.05) is 17.2 Å². The zero-order valence-electron chi connectivity index (χ0n) is 18.5. The molecule has 0 spiro atoms. The summed E-state index contributed by atoms with van der Waals surface area (Å²) in [5.41, 5.74) is -0.216. The Balaban J connectivity index is 2.42. The van der Waals surface area contributed by atoms with Crippen LogP contribution in [0, 0.1) is 19.7 Å². The number of hydrogen-bond donors (Lipinski definition) is 2. The zero-order chi connectivity index (χ0) is 25.2. The lowest BCUT2D eigenvalue weighted by atomic mass is 10.1. The summed E-state index contributed by atoms with van der Waals surface area (Å²) in [6, 6.07) is 3.44. The monoisotopic (exact) mass is 470 g/mol. The number of Topliss-reactive ketones (excluding diaryl/α,β-unsaturated/α-hetero) is 1. The Morgan fingerprint density at radius 1 is 1.09 bits per heavy atom. The lowest BCUT2D eigenvalue weighted by Crippen LogP contribution is -2.46. The molecule has 8 nitrogen and oxygen atoms in total. The summed E-state index contributed by atoms with van der Waals surface area (Å²) in [7, 11) is 1.34. The summed E-state index contributed by atoms with van der Waals surface area (Å²) >= 11 is 0. The molecule has 0 bridgehead atoms. The van der Waals surface area contributed by atoms with E-state index in [9.17, 15) is 36.7 Å². The van der Waals surface area contributed by atoms with Gasteiger partial charge in [-0.15, -0.1) is 13.2 Å². The van der Waals surface area contributed by atoms with E-state index < -0.39 is 47.1 Å². The van der Waals surface area contributed by atoms with Crippen LogP contribution >= 0.6 is 0 Å². The molecule has 12 heteroatoms. The highest BCUT2D eigenvalue weighted by molar-refractivity contribution is 6.43. The van der Waals surface area contributed by atoms with E-state index in [0.29, 0.717) is 0 Å². The number of carbonyl (C=O) groups is 4. The van der Waals surface area contributed by atoms with Crippen LogP contribution in [0.1, 0.15) is 46.0 Å². The van der Waals surface area contributed by atoms with Crippen LogP contribution in [0.15, 0.2) is 18.2 Å². The fourth-order valence-electron chi connectivity index (χ4n) is 3.38. The summed E-state index contributed by atoms with van der Waals surface area (Å²) in [5, 5.41) is 4.76. The molecule has 1 aromatic heterocycles. The van der Waals surface area contributed by atoms with E-state index in [1.165, 1.54) is 44.5 Å². The molecule has 0 unspecified atom stereocenters. The number of ketones is 1. The van der Waals surface area contributed by atoms with Crippen molar-refractivity contribution in [2.45, 2.75) is 34.0 Å². The minimum Gasteiger partial charge on any atom is -0.344 e. The van der Waals surface area contributed by atoms with Gasteiger partial charge < -0.3 is 15.2 Å². The van der Waals surface area contributed by atoms with E-state index in [1.54, 1.807) is 0 Å². The molecule has 33 heavy (non-hydrogen) atoms. The molecule has 178 valence electrons. The predicted octanol–water partition coefficient (Wildman–Crippen LogP) is 3.54. The van der Waals surface area contributed by atoms with Gasteiger partial charge in [0, 0.05) is 31.9 Å². The molecule has 0 aliphatic carbocycles. The van der Waals surface area contributed by atoms with Crippen molar-refractivity contribution in [3.8, 4) is 0 Å². The number of benzene rings is 1. The summed E-state index contributed by atoms with van der Waals surface area (Å²) in [6.07, 6.45) is -5.04. The first-order chi connectivity index (χ1) is 15.2. The second kappa shape index (κ2) is 9.43. The van der Waals surface area contributed by atoms with Gasteiger partial charge in [0.05, 0.1) is 16.9 Å². The molecule has 0 saturated heterocycles. The van der Waals surface area contributed by atoms with E-state index in [1.807, 2.05) is 0 Å². The second-order valence-electron chi connectivity index (χ2n) is 7.17. The topological polar surface area (TPSA) is 101 Å². The van der Waals surface area contributed by atoms with E-state index in [4.69, 9.17) is 0 Å². The number of carbonyl (C=O) groups excluding carboxylic acids is 4. The molecule has 0 aliphatic rings. The normalized spacial score (nSPS) is 11.2. The highest BCUT2D eigenvalue weighted by atomic mass is 19.4. The maximum Gasteiger partial charge on any atom is 0.487 e. The van der Waals surface area contributed by atoms with E-state index in [-0.39, 0.29) is 33.9 Å². The van der Waals surface area contributed by atoms with Gasteiger partial charge in [-0.2, -0.15) is 0 Å². The number of amides is 3. The number of nitrogens with zero attached hydrogens (tertiary/aromatic N) is 2. The third-order valence-electron chi connectivity index (χ3n) is 4.97. The maximum absolute atomic E-state index is 13.8. The summed E-state index contributed by atoms with van der Waals surface area (Å²) in [5.74, 6) is -5.17. The van der Waals surface area contributed by atoms with Gasteiger partial charge in [0.15, 0.2) is 0 Å². The minimum atomic E-state index is -5.04. The van der Waals surface area contributed by atoms with Crippen LogP contribution in [0.25, 0.3) is 0 Å². The number of halogens is 4. The van der Waals surface area contributed by atoms with Gasteiger partial charge in [0.1, 0.15) is 5.82 Å². The fraction of sp³-hybridized carbons (Fsp3) is 0.333. The molecule has 2 aromatic rings. The molecule has 0 saturated carbocycles. The number of rotatable bonds is 6. The van der Waals surface area contributed by atoms with Gasteiger partial charge in [-0.1, -0.05) is 0 Å². The highest BCUT2D eigenvalue weighted by Crippen LogP contribution is 2.27. The fourth-order valence-corrected chi connectivity index (χ4v) is 3.38. The lowest BCUT2D eigenvalue weighted by molar-refractivity contribution is -0.236. The Labute approximate surface area is 186 Å². The van der Waals surface area contributed by atoms with Gasteiger partial charge >= 0.3 is 12.2 Å². The Kier molecular flexibility index (Phi) is 7.30. The zero-order valence-corrected chi connectivity index (χ0v) is 18.5. The number of nitrogens with one attached hydrogen (secondary N) is 2. The summed E-state index contributed by atoms with van der Waals surface area (Å²) in [6.45, 7) is 4.29. The maximum atomic E-state index is 13.8. The van der Waals surface area contributed by atoms with Crippen LogP contribution < -0.4 is 10.6 Å².